The molecule has 0 amide bonds. The van der Waals surface area contributed by atoms with Crippen molar-refractivity contribution in [3.8, 4) is 0 Å². The molecule has 0 bridgehead atoms. The van der Waals surface area contributed by atoms with Crippen LogP contribution in [0.1, 0.15) is 23.1 Å². The minimum Gasteiger partial charge on any atom is -0.462 e. The summed E-state index contributed by atoms with van der Waals surface area (Å²) in [6, 6.07) is 1.53. The molecule has 2 heterocycles. The van der Waals surface area contributed by atoms with Crippen LogP contribution in [0.25, 0.3) is 0 Å². The number of nitrogens with one attached hydrogen (secondary N) is 1. The van der Waals surface area contributed by atoms with E-state index in [0.29, 0.717) is 23.4 Å². The molecule has 100 valence electrons. The van der Waals surface area contributed by atoms with Gasteiger partial charge < -0.3 is 15.8 Å². The van der Waals surface area contributed by atoms with Crippen LogP contribution in [0.4, 0.5) is 16.6 Å². The van der Waals surface area contributed by atoms with Crippen molar-refractivity contribution in [3.05, 3.63) is 23.7 Å². The van der Waals surface area contributed by atoms with Crippen molar-refractivity contribution in [2.45, 2.75) is 13.8 Å². The molecule has 0 saturated heterocycles. The molecule has 0 aliphatic carbocycles. The van der Waals surface area contributed by atoms with Crippen LogP contribution >= 0.6 is 11.5 Å². The quantitative estimate of drug-likeness (QED) is 0.821. The first kappa shape index (κ1) is 13.2. The molecule has 2 rings (SSSR count). The van der Waals surface area contributed by atoms with E-state index in [9.17, 15) is 4.79 Å². The number of nitrogens with two attached hydrogens (primary N) is 1. The van der Waals surface area contributed by atoms with Gasteiger partial charge in [-0.1, -0.05) is 0 Å². The van der Waals surface area contributed by atoms with Crippen LogP contribution < -0.4 is 11.1 Å². The fourth-order valence-corrected chi connectivity index (χ4v) is 1.96. The van der Waals surface area contributed by atoms with Crippen molar-refractivity contribution in [3.63, 3.8) is 0 Å². The maximum Gasteiger partial charge on any atom is 0.340 e. The topological polar surface area (TPSA) is 103 Å². The highest BCUT2D eigenvalue weighted by molar-refractivity contribution is 7.09. The number of hydrogen-bond acceptors (Lipinski definition) is 8. The Morgan fingerprint density at radius 1 is 1.58 bits per heavy atom. The molecule has 8 heteroatoms. The van der Waals surface area contributed by atoms with Gasteiger partial charge in [-0.2, -0.15) is 4.37 Å². The largest absolute Gasteiger partial charge is 0.462 e. The predicted octanol–water partition coefficient (Wildman–Crippen LogP) is 1.74. The van der Waals surface area contributed by atoms with Gasteiger partial charge in [0.15, 0.2) is 0 Å². The predicted molar refractivity (Wildman–Crippen MR) is 72.5 cm³/mol. The van der Waals surface area contributed by atoms with E-state index in [1.54, 1.807) is 13.8 Å². The minimum atomic E-state index is -0.473. The second-order valence-corrected chi connectivity index (χ2v) is 4.40. The molecule has 0 fully saturated rings. The number of rotatable bonds is 4. The summed E-state index contributed by atoms with van der Waals surface area (Å²) in [6.45, 7) is 3.82. The molecule has 0 spiro atoms. The third kappa shape index (κ3) is 3.16. The fourth-order valence-electron chi connectivity index (χ4n) is 1.38. The van der Waals surface area contributed by atoms with Crippen molar-refractivity contribution < 1.29 is 9.53 Å². The van der Waals surface area contributed by atoms with Crippen molar-refractivity contribution in [2.75, 3.05) is 17.7 Å². The summed E-state index contributed by atoms with van der Waals surface area (Å²) in [4.78, 5) is 19.9. The second kappa shape index (κ2) is 5.61. The van der Waals surface area contributed by atoms with Crippen LogP contribution in [-0.4, -0.2) is 26.9 Å². The number of hydrogen-bond donors (Lipinski definition) is 2. The van der Waals surface area contributed by atoms with E-state index in [-0.39, 0.29) is 11.3 Å². The summed E-state index contributed by atoms with van der Waals surface area (Å²) >= 11 is 1.21. The zero-order chi connectivity index (χ0) is 13.8. The molecule has 7 nitrogen and oxygen atoms in total. The summed E-state index contributed by atoms with van der Waals surface area (Å²) < 4.78 is 8.96. The molecule has 3 N–H and O–H groups in total. The summed E-state index contributed by atoms with van der Waals surface area (Å²) in [5.41, 5.74) is 6.26. The lowest BCUT2D eigenvalue weighted by atomic mass is 10.2. The van der Waals surface area contributed by atoms with Crippen molar-refractivity contribution in [1.29, 1.82) is 0 Å². The molecule has 19 heavy (non-hydrogen) atoms. The highest BCUT2D eigenvalue weighted by atomic mass is 32.1. The minimum absolute atomic E-state index is 0.275. The molecular formula is C11H13N5O2S. The van der Waals surface area contributed by atoms with E-state index >= 15 is 0 Å². The third-order valence-corrected chi connectivity index (χ3v) is 2.91. The van der Waals surface area contributed by atoms with Gasteiger partial charge in [-0.3, -0.25) is 0 Å². The van der Waals surface area contributed by atoms with E-state index in [1.165, 1.54) is 23.8 Å². The van der Waals surface area contributed by atoms with Crippen LogP contribution in [0.3, 0.4) is 0 Å². The number of esters is 1. The Hall–Kier alpha value is -2.22. The van der Waals surface area contributed by atoms with Gasteiger partial charge in [0.05, 0.1) is 24.1 Å². The Labute approximate surface area is 114 Å². The molecule has 0 saturated carbocycles. The van der Waals surface area contributed by atoms with Crippen LogP contribution in [0.2, 0.25) is 0 Å². The SMILES string of the molecule is CCOC(=O)c1cc(Nc2nc(C)ns2)ncc1N. The van der Waals surface area contributed by atoms with Crippen LogP contribution in [0.5, 0.6) is 0 Å². The maximum absolute atomic E-state index is 11.7. The Balaban J connectivity index is 2.23. The number of carbonyl (C=O) groups is 1. The standard InChI is InChI=1S/C11H13N5O2S/c1-3-18-10(17)7-4-9(13-5-8(7)12)15-11-14-6(2)16-19-11/h4-5H,3,12H2,1-2H3,(H,13,14,15,16). The molecule has 0 aromatic carbocycles. The maximum atomic E-state index is 11.7. The first-order valence-electron chi connectivity index (χ1n) is 5.60. The molecule has 0 unspecified atom stereocenters. The average Bonchev–Trinajstić information content (AvgIpc) is 2.77. The zero-order valence-corrected chi connectivity index (χ0v) is 11.3. The van der Waals surface area contributed by atoms with Crippen LogP contribution in [0, 0.1) is 6.92 Å². The van der Waals surface area contributed by atoms with Crippen molar-refractivity contribution in [1.82, 2.24) is 14.3 Å². The molecular weight excluding hydrogens is 266 g/mol. The summed E-state index contributed by atoms with van der Waals surface area (Å²) in [5.74, 6) is 0.667. The van der Waals surface area contributed by atoms with Gasteiger partial charge in [0, 0.05) is 11.5 Å². The fraction of sp³-hybridized carbons (Fsp3) is 0.273. The number of nitrogen functional groups attached to an aromatic ring is 1. The Morgan fingerprint density at radius 2 is 2.37 bits per heavy atom. The van der Waals surface area contributed by atoms with Gasteiger partial charge in [-0.25, -0.2) is 14.8 Å². The Morgan fingerprint density at radius 3 is 3.00 bits per heavy atom. The van der Waals surface area contributed by atoms with Crippen LogP contribution in [-0.2, 0) is 4.74 Å². The monoisotopic (exact) mass is 279 g/mol. The first-order chi connectivity index (χ1) is 9.10. The third-order valence-electron chi connectivity index (χ3n) is 2.19. The van der Waals surface area contributed by atoms with E-state index < -0.39 is 5.97 Å². The normalized spacial score (nSPS) is 10.2. The van der Waals surface area contributed by atoms with E-state index in [4.69, 9.17) is 10.5 Å². The van der Waals surface area contributed by atoms with Crippen LogP contribution in [0.15, 0.2) is 12.3 Å². The van der Waals surface area contributed by atoms with E-state index in [2.05, 4.69) is 19.7 Å². The molecule has 0 radical (unpaired) electrons. The Kier molecular flexibility index (Phi) is 3.91. The number of carbonyl (C=O) groups excluding carboxylic acids is 1. The number of anilines is 3. The highest BCUT2D eigenvalue weighted by Crippen LogP contribution is 2.20. The van der Waals surface area contributed by atoms with E-state index in [1.807, 2.05) is 0 Å². The molecule has 0 atom stereocenters. The second-order valence-electron chi connectivity index (χ2n) is 3.65. The van der Waals surface area contributed by atoms with Gasteiger partial charge in [0.1, 0.15) is 11.6 Å². The summed E-state index contributed by atoms with van der Waals surface area (Å²) in [6.07, 6.45) is 1.41. The average molecular weight is 279 g/mol. The summed E-state index contributed by atoms with van der Waals surface area (Å²) in [7, 11) is 0. The molecule has 0 aliphatic heterocycles. The van der Waals surface area contributed by atoms with Gasteiger partial charge in [0.2, 0.25) is 5.13 Å². The number of aryl methyl sites for hydroxylation is 1. The lowest BCUT2D eigenvalue weighted by Crippen LogP contribution is -2.09. The number of pyridine rings is 1. The van der Waals surface area contributed by atoms with E-state index in [0.717, 1.165) is 0 Å². The highest BCUT2D eigenvalue weighted by Gasteiger charge is 2.13. The van der Waals surface area contributed by atoms with Crippen molar-refractivity contribution >= 4 is 34.1 Å². The van der Waals surface area contributed by atoms with Gasteiger partial charge in [-0.15, -0.1) is 0 Å². The smallest absolute Gasteiger partial charge is 0.340 e. The zero-order valence-electron chi connectivity index (χ0n) is 10.5. The lowest BCUT2D eigenvalue weighted by Gasteiger charge is -2.07. The number of aromatic nitrogens is 3. The van der Waals surface area contributed by atoms with Gasteiger partial charge in [-0.05, 0) is 19.9 Å². The molecule has 2 aromatic heterocycles. The summed E-state index contributed by atoms with van der Waals surface area (Å²) in [5, 5.41) is 3.56. The first-order valence-corrected chi connectivity index (χ1v) is 6.37. The van der Waals surface area contributed by atoms with Gasteiger partial charge >= 0.3 is 5.97 Å². The molecule has 2 aromatic rings. The Bertz CT molecular complexity index is 599. The number of ether oxygens (including phenoxy) is 1. The van der Waals surface area contributed by atoms with Crippen molar-refractivity contribution in [2.24, 2.45) is 0 Å². The lowest BCUT2D eigenvalue weighted by molar-refractivity contribution is 0.0527. The molecule has 0 aliphatic rings. The van der Waals surface area contributed by atoms with Gasteiger partial charge in [0.25, 0.3) is 0 Å². The number of nitrogens with zero attached hydrogens (tertiary/aromatic N) is 3.